The number of nitrogens with one attached hydrogen (secondary N) is 2. The lowest BCUT2D eigenvalue weighted by Crippen LogP contribution is -2.58. The lowest BCUT2D eigenvalue weighted by Gasteiger charge is -2.39. The van der Waals surface area contributed by atoms with E-state index in [2.05, 4.69) is 53.5 Å². The number of carbonyl (C=O) groups is 1. The topological polar surface area (TPSA) is 70.2 Å². The van der Waals surface area contributed by atoms with E-state index in [0.29, 0.717) is 19.0 Å². The number of likely N-dealkylation sites (tertiary alicyclic amines) is 1. The van der Waals surface area contributed by atoms with E-state index < -0.39 is 0 Å². The Morgan fingerprint density at radius 2 is 1.75 bits per heavy atom. The zero-order chi connectivity index (χ0) is 17.2. The van der Waals surface area contributed by atoms with Gasteiger partial charge in [0.15, 0.2) is 0 Å². The van der Waals surface area contributed by atoms with Crippen LogP contribution in [0.15, 0.2) is 42.7 Å². The standard InChI is InChI=1S/C18H23N5O/c1-18(2,3)13-5-7-14(8-6-13)22-17(24)23-11-15(12-23)21-16-19-9-4-10-20-16/h4-10,15H,11-12H2,1-3H3,(H,22,24)(H,19,20,21). The Labute approximate surface area is 142 Å². The molecule has 0 spiro atoms. The second-order valence-electron chi connectivity index (χ2n) is 7.08. The summed E-state index contributed by atoms with van der Waals surface area (Å²) in [4.78, 5) is 22.2. The third-order valence-electron chi connectivity index (χ3n) is 4.07. The smallest absolute Gasteiger partial charge is 0.321 e. The van der Waals surface area contributed by atoms with Crippen LogP contribution in [0.1, 0.15) is 26.3 Å². The predicted octanol–water partition coefficient (Wildman–Crippen LogP) is 3.10. The maximum atomic E-state index is 12.2. The molecule has 126 valence electrons. The predicted molar refractivity (Wildman–Crippen MR) is 95.2 cm³/mol. The molecule has 6 heteroatoms. The Balaban J connectivity index is 1.48. The first-order chi connectivity index (χ1) is 11.4. The van der Waals surface area contributed by atoms with Crippen LogP contribution in [-0.2, 0) is 5.41 Å². The number of urea groups is 1. The van der Waals surface area contributed by atoms with E-state index in [0.717, 1.165) is 5.69 Å². The molecule has 0 bridgehead atoms. The second kappa shape index (κ2) is 6.47. The first-order valence-corrected chi connectivity index (χ1v) is 8.12. The maximum Gasteiger partial charge on any atom is 0.321 e. The summed E-state index contributed by atoms with van der Waals surface area (Å²) >= 11 is 0. The van der Waals surface area contributed by atoms with Gasteiger partial charge in [-0.3, -0.25) is 0 Å². The molecule has 6 nitrogen and oxygen atoms in total. The number of hydrogen-bond donors (Lipinski definition) is 2. The molecule has 24 heavy (non-hydrogen) atoms. The Morgan fingerprint density at radius 3 is 2.33 bits per heavy atom. The molecule has 0 atom stereocenters. The summed E-state index contributed by atoms with van der Waals surface area (Å²) in [6, 6.07) is 9.91. The minimum Gasteiger partial charge on any atom is -0.348 e. The van der Waals surface area contributed by atoms with Gasteiger partial charge in [-0.25, -0.2) is 14.8 Å². The first kappa shape index (κ1) is 16.2. The van der Waals surface area contributed by atoms with Gasteiger partial charge in [-0.1, -0.05) is 32.9 Å². The molecule has 1 fully saturated rings. The average molecular weight is 325 g/mol. The molecule has 0 unspecified atom stereocenters. The number of hydrogen-bond acceptors (Lipinski definition) is 4. The van der Waals surface area contributed by atoms with Gasteiger partial charge in [0.2, 0.25) is 5.95 Å². The van der Waals surface area contributed by atoms with Crippen molar-refractivity contribution in [1.29, 1.82) is 0 Å². The monoisotopic (exact) mass is 325 g/mol. The van der Waals surface area contributed by atoms with Crippen LogP contribution in [0.5, 0.6) is 0 Å². The van der Waals surface area contributed by atoms with Gasteiger partial charge in [-0.05, 0) is 29.2 Å². The van der Waals surface area contributed by atoms with E-state index in [1.807, 2.05) is 12.1 Å². The molecule has 2 aromatic rings. The van der Waals surface area contributed by atoms with Crippen LogP contribution < -0.4 is 10.6 Å². The van der Waals surface area contributed by atoms with Gasteiger partial charge in [0.1, 0.15) is 0 Å². The van der Waals surface area contributed by atoms with Crippen molar-refractivity contribution < 1.29 is 4.79 Å². The number of nitrogens with zero attached hydrogens (tertiary/aromatic N) is 3. The number of rotatable bonds is 3. The van der Waals surface area contributed by atoms with Crippen LogP contribution in [-0.4, -0.2) is 40.0 Å². The van der Waals surface area contributed by atoms with Crippen LogP contribution in [0.3, 0.4) is 0 Å². The van der Waals surface area contributed by atoms with Gasteiger partial charge < -0.3 is 15.5 Å². The number of amides is 2. The van der Waals surface area contributed by atoms with Crippen LogP contribution >= 0.6 is 0 Å². The molecule has 0 radical (unpaired) electrons. The highest BCUT2D eigenvalue weighted by Gasteiger charge is 2.31. The number of anilines is 2. The number of benzene rings is 1. The van der Waals surface area contributed by atoms with Gasteiger partial charge in [-0.2, -0.15) is 0 Å². The summed E-state index contributed by atoms with van der Waals surface area (Å²) in [6.07, 6.45) is 3.39. The van der Waals surface area contributed by atoms with Crippen molar-refractivity contribution >= 4 is 17.7 Å². The highest BCUT2D eigenvalue weighted by molar-refractivity contribution is 5.90. The average Bonchev–Trinajstić information content (AvgIpc) is 2.51. The van der Waals surface area contributed by atoms with Crippen LogP contribution in [0.2, 0.25) is 0 Å². The Kier molecular flexibility index (Phi) is 4.38. The molecule has 1 aromatic heterocycles. The van der Waals surface area contributed by atoms with E-state index >= 15 is 0 Å². The maximum absolute atomic E-state index is 12.2. The van der Waals surface area contributed by atoms with Gasteiger partial charge in [0.05, 0.1) is 6.04 Å². The van der Waals surface area contributed by atoms with Crippen molar-refractivity contribution in [3.63, 3.8) is 0 Å². The van der Waals surface area contributed by atoms with Gasteiger partial charge in [0.25, 0.3) is 0 Å². The molecule has 1 aromatic carbocycles. The van der Waals surface area contributed by atoms with Crippen molar-refractivity contribution in [3.05, 3.63) is 48.3 Å². The highest BCUT2D eigenvalue weighted by Crippen LogP contribution is 2.24. The van der Waals surface area contributed by atoms with E-state index in [1.165, 1.54) is 5.56 Å². The van der Waals surface area contributed by atoms with E-state index in [4.69, 9.17) is 0 Å². The number of carbonyl (C=O) groups excluding carboxylic acids is 1. The summed E-state index contributed by atoms with van der Waals surface area (Å²) in [6.45, 7) is 7.80. The fourth-order valence-electron chi connectivity index (χ4n) is 2.55. The normalized spacial score (nSPS) is 14.9. The summed E-state index contributed by atoms with van der Waals surface area (Å²) in [5.74, 6) is 0.598. The van der Waals surface area contributed by atoms with Crippen molar-refractivity contribution in [2.75, 3.05) is 23.7 Å². The lowest BCUT2D eigenvalue weighted by atomic mass is 9.87. The zero-order valence-corrected chi connectivity index (χ0v) is 14.3. The molecule has 1 aliphatic heterocycles. The van der Waals surface area contributed by atoms with Crippen LogP contribution in [0.25, 0.3) is 0 Å². The Bertz CT molecular complexity index is 688. The molecule has 2 amide bonds. The third-order valence-corrected chi connectivity index (χ3v) is 4.07. The SMILES string of the molecule is CC(C)(C)c1ccc(NC(=O)N2CC(Nc3ncccn3)C2)cc1. The summed E-state index contributed by atoms with van der Waals surface area (Å²) in [5, 5.41) is 6.14. The first-order valence-electron chi connectivity index (χ1n) is 8.12. The molecule has 1 saturated heterocycles. The largest absolute Gasteiger partial charge is 0.348 e. The molecular formula is C18H23N5O. The minimum absolute atomic E-state index is 0.0782. The van der Waals surface area contributed by atoms with Gasteiger partial charge >= 0.3 is 6.03 Å². The van der Waals surface area contributed by atoms with Crippen molar-refractivity contribution in [1.82, 2.24) is 14.9 Å². The summed E-state index contributed by atoms with van der Waals surface area (Å²) < 4.78 is 0. The Morgan fingerprint density at radius 1 is 1.12 bits per heavy atom. The molecular weight excluding hydrogens is 302 g/mol. The van der Waals surface area contributed by atoms with E-state index in [-0.39, 0.29) is 17.5 Å². The zero-order valence-electron chi connectivity index (χ0n) is 14.3. The third kappa shape index (κ3) is 3.82. The molecule has 0 aliphatic carbocycles. The second-order valence-corrected chi connectivity index (χ2v) is 7.08. The van der Waals surface area contributed by atoms with Gasteiger partial charge in [0, 0.05) is 31.2 Å². The van der Waals surface area contributed by atoms with Crippen molar-refractivity contribution in [2.45, 2.75) is 32.2 Å². The van der Waals surface area contributed by atoms with Gasteiger partial charge in [-0.15, -0.1) is 0 Å². The van der Waals surface area contributed by atoms with E-state index in [1.54, 1.807) is 23.4 Å². The molecule has 2 heterocycles. The fraction of sp³-hybridized carbons (Fsp3) is 0.389. The van der Waals surface area contributed by atoms with Crippen LogP contribution in [0.4, 0.5) is 16.4 Å². The highest BCUT2D eigenvalue weighted by atomic mass is 16.2. The summed E-state index contributed by atoms with van der Waals surface area (Å²) in [7, 11) is 0. The van der Waals surface area contributed by atoms with Crippen molar-refractivity contribution in [2.24, 2.45) is 0 Å². The molecule has 3 rings (SSSR count). The fourth-order valence-corrected chi connectivity index (χ4v) is 2.55. The quantitative estimate of drug-likeness (QED) is 0.910. The molecule has 2 N–H and O–H groups in total. The number of aromatic nitrogens is 2. The van der Waals surface area contributed by atoms with Crippen LogP contribution in [0, 0.1) is 0 Å². The molecule has 0 saturated carbocycles. The minimum atomic E-state index is -0.0782. The Hall–Kier alpha value is -2.63. The lowest BCUT2D eigenvalue weighted by molar-refractivity contribution is 0.171. The van der Waals surface area contributed by atoms with Crippen molar-refractivity contribution in [3.8, 4) is 0 Å². The van der Waals surface area contributed by atoms with E-state index in [9.17, 15) is 4.79 Å². The summed E-state index contributed by atoms with van der Waals surface area (Å²) in [5.41, 5.74) is 2.17. The molecule has 1 aliphatic rings.